The maximum atomic E-state index is 13.6. The predicted octanol–water partition coefficient (Wildman–Crippen LogP) is 5.98. The second-order valence-corrected chi connectivity index (χ2v) is 9.46. The lowest BCUT2D eigenvalue weighted by atomic mass is 10.1. The number of amides is 1. The maximum absolute atomic E-state index is 13.6. The zero-order valence-electron chi connectivity index (χ0n) is 18.5. The first-order valence-electron chi connectivity index (χ1n) is 10.6. The summed E-state index contributed by atoms with van der Waals surface area (Å²) in [5, 5.41) is 2.49. The summed E-state index contributed by atoms with van der Waals surface area (Å²) in [6.45, 7) is 0. The summed E-state index contributed by atoms with van der Waals surface area (Å²) >= 11 is 0. The number of amidine groups is 1. The molecule has 0 fully saturated rings. The molecule has 7 nitrogen and oxygen atoms in total. The molecule has 1 aliphatic rings. The lowest BCUT2D eigenvalue weighted by Gasteiger charge is -2.30. The molecule has 0 bridgehead atoms. The highest BCUT2D eigenvalue weighted by Crippen LogP contribution is 2.40. The van der Waals surface area contributed by atoms with Crippen molar-refractivity contribution in [3.8, 4) is 0 Å². The quantitative estimate of drug-likeness (QED) is 0.329. The highest BCUT2D eigenvalue weighted by atomic mass is 32.2. The van der Waals surface area contributed by atoms with E-state index in [-0.39, 0.29) is 33.4 Å². The molecule has 1 N–H and O–H groups in total. The summed E-state index contributed by atoms with van der Waals surface area (Å²) in [6.07, 6.45) is -3.20. The zero-order chi connectivity index (χ0) is 26.4. The fourth-order valence-corrected chi connectivity index (χ4v) is 4.92. The Morgan fingerprint density at radius 3 is 2.27 bits per heavy atom. The molecule has 37 heavy (non-hydrogen) atoms. The van der Waals surface area contributed by atoms with E-state index in [1.165, 1.54) is 59.7 Å². The maximum Gasteiger partial charge on any atom is 0.416 e. The summed E-state index contributed by atoms with van der Waals surface area (Å²) < 4.78 is 87.5. The van der Waals surface area contributed by atoms with Crippen molar-refractivity contribution < 1.29 is 35.2 Å². The van der Waals surface area contributed by atoms with Gasteiger partial charge in [0.1, 0.15) is 10.7 Å². The third kappa shape index (κ3) is 4.70. The summed E-state index contributed by atoms with van der Waals surface area (Å²) in [4.78, 5) is 13.8. The number of fused-ring (bicyclic) bond motifs is 1. The fourth-order valence-electron chi connectivity index (χ4n) is 3.73. The molecule has 0 atom stereocenters. The minimum atomic E-state index is -4.55. The number of carbonyl (C=O) groups is 1. The summed E-state index contributed by atoms with van der Waals surface area (Å²) in [7, 11) is -4.28. The molecule has 0 spiro atoms. The van der Waals surface area contributed by atoms with Crippen LogP contribution in [0.4, 0.5) is 34.6 Å². The lowest BCUT2D eigenvalue weighted by molar-refractivity contribution is -0.137. The van der Waals surface area contributed by atoms with E-state index in [0.29, 0.717) is 5.69 Å². The van der Waals surface area contributed by atoms with E-state index >= 15 is 0 Å². The van der Waals surface area contributed by atoms with E-state index in [4.69, 9.17) is 4.42 Å². The third-order valence-electron chi connectivity index (χ3n) is 5.46. The zero-order valence-corrected chi connectivity index (χ0v) is 19.3. The molecule has 0 unspecified atom stereocenters. The Hall–Kier alpha value is -4.45. The van der Waals surface area contributed by atoms with Crippen LogP contribution in [0.15, 0.2) is 98.8 Å². The molecule has 4 aromatic rings. The van der Waals surface area contributed by atoms with Crippen LogP contribution in [-0.2, 0) is 16.2 Å². The monoisotopic (exact) mass is 529 g/mol. The number of hydrogen-bond acceptors (Lipinski definition) is 5. The van der Waals surface area contributed by atoms with Gasteiger partial charge in [-0.05, 0) is 78.9 Å². The minimum absolute atomic E-state index is 0.0503. The van der Waals surface area contributed by atoms with Crippen LogP contribution in [0.5, 0.6) is 0 Å². The van der Waals surface area contributed by atoms with E-state index in [9.17, 15) is 30.8 Å². The van der Waals surface area contributed by atoms with Crippen LogP contribution >= 0.6 is 0 Å². The normalized spacial score (nSPS) is 14.6. The molecule has 0 radical (unpaired) electrons. The Morgan fingerprint density at radius 1 is 0.946 bits per heavy atom. The first-order chi connectivity index (χ1) is 17.5. The topological polar surface area (TPSA) is 92.0 Å². The average Bonchev–Trinajstić information content (AvgIpc) is 3.39. The van der Waals surface area contributed by atoms with Gasteiger partial charge in [0.2, 0.25) is 0 Å². The predicted molar refractivity (Wildman–Crippen MR) is 127 cm³/mol. The number of nitrogens with zero attached hydrogens (tertiary/aromatic N) is 2. The first kappa shape index (κ1) is 24.3. The Bertz CT molecular complexity index is 1610. The van der Waals surface area contributed by atoms with Crippen LogP contribution in [0, 0.1) is 5.82 Å². The van der Waals surface area contributed by atoms with E-state index in [0.717, 1.165) is 24.3 Å². The Balaban J connectivity index is 1.53. The number of sulfonamides is 1. The molecule has 1 amide bonds. The SMILES string of the molecule is O=C(Nc1ccc2c(c1)S(=O)(=O)N=C(c1ccco1)N2c1ccc(F)cc1)c1ccc(C(F)(F)F)cc1. The molecule has 2 heterocycles. The van der Waals surface area contributed by atoms with Crippen LogP contribution in [0.3, 0.4) is 0 Å². The van der Waals surface area contributed by atoms with E-state index < -0.39 is 33.5 Å². The first-order valence-corrected chi connectivity index (χ1v) is 12.0. The molecule has 0 aliphatic carbocycles. The number of benzene rings is 3. The molecular weight excluding hydrogens is 514 g/mol. The molecule has 1 aromatic heterocycles. The second-order valence-electron chi connectivity index (χ2n) is 7.89. The molecule has 3 aromatic carbocycles. The summed E-state index contributed by atoms with van der Waals surface area (Å²) in [6, 6.07) is 16.0. The number of alkyl halides is 3. The van der Waals surface area contributed by atoms with Gasteiger partial charge >= 0.3 is 6.18 Å². The summed E-state index contributed by atoms with van der Waals surface area (Å²) in [5.74, 6) is -1.13. The number of carbonyl (C=O) groups excluding carboxylic acids is 1. The Morgan fingerprint density at radius 2 is 1.65 bits per heavy atom. The molecule has 5 rings (SSSR count). The van der Waals surface area contributed by atoms with E-state index in [2.05, 4.69) is 9.71 Å². The number of furan rings is 1. The number of nitrogens with one attached hydrogen (secondary N) is 1. The van der Waals surface area contributed by atoms with Crippen molar-refractivity contribution in [2.24, 2.45) is 4.40 Å². The third-order valence-corrected chi connectivity index (χ3v) is 6.75. The standard InChI is InChI=1S/C25H15F4N3O4S/c26-17-7-10-19(11-8-17)32-20-12-9-18(30-24(33)15-3-5-16(6-4-15)25(27,28)29)14-22(20)37(34,35)31-23(32)21-2-1-13-36-21/h1-14H,(H,30,33). The van der Waals surface area contributed by atoms with Gasteiger partial charge in [0.05, 0.1) is 17.5 Å². The van der Waals surface area contributed by atoms with E-state index in [1.54, 1.807) is 6.07 Å². The van der Waals surface area contributed by atoms with Crippen molar-refractivity contribution in [3.05, 3.63) is 108 Å². The molecule has 12 heteroatoms. The molecule has 1 aliphatic heterocycles. The van der Waals surface area contributed by atoms with Crippen LogP contribution in [0.2, 0.25) is 0 Å². The van der Waals surface area contributed by atoms with Crippen LogP contribution in [0.25, 0.3) is 0 Å². The van der Waals surface area contributed by atoms with Crippen molar-refractivity contribution in [1.29, 1.82) is 0 Å². The van der Waals surface area contributed by atoms with Crippen LogP contribution < -0.4 is 10.2 Å². The smallest absolute Gasteiger partial charge is 0.416 e. The van der Waals surface area contributed by atoms with Gasteiger partial charge in [0.15, 0.2) is 11.6 Å². The van der Waals surface area contributed by atoms with Crippen molar-refractivity contribution in [2.45, 2.75) is 11.1 Å². The van der Waals surface area contributed by atoms with E-state index in [1.807, 2.05) is 0 Å². The lowest BCUT2D eigenvalue weighted by Crippen LogP contribution is -2.32. The molecule has 0 saturated heterocycles. The Labute approximate surface area is 207 Å². The van der Waals surface area contributed by atoms with Gasteiger partial charge in [0, 0.05) is 16.9 Å². The van der Waals surface area contributed by atoms with Crippen LogP contribution in [0.1, 0.15) is 21.7 Å². The van der Waals surface area contributed by atoms with Gasteiger partial charge in [-0.3, -0.25) is 9.69 Å². The van der Waals surface area contributed by atoms with Crippen molar-refractivity contribution in [1.82, 2.24) is 0 Å². The Kier molecular flexibility index (Phi) is 5.83. The van der Waals surface area contributed by atoms with Crippen molar-refractivity contribution in [2.75, 3.05) is 10.2 Å². The largest absolute Gasteiger partial charge is 0.461 e. The minimum Gasteiger partial charge on any atom is -0.461 e. The van der Waals surface area contributed by atoms with Gasteiger partial charge in [-0.25, -0.2) is 4.39 Å². The highest BCUT2D eigenvalue weighted by molar-refractivity contribution is 7.90. The van der Waals surface area contributed by atoms with Crippen molar-refractivity contribution >= 4 is 38.8 Å². The number of halogens is 4. The highest BCUT2D eigenvalue weighted by Gasteiger charge is 2.34. The number of rotatable bonds is 4. The van der Waals surface area contributed by atoms with Gasteiger partial charge in [0.25, 0.3) is 15.9 Å². The second kappa shape index (κ2) is 8.89. The van der Waals surface area contributed by atoms with Crippen LogP contribution in [-0.4, -0.2) is 20.2 Å². The van der Waals surface area contributed by atoms with Gasteiger partial charge in [-0.15, -0.1) is 4.40 Å². The van der Waals surface area contributed by atoms with Crippen molar-refractivity contribution in [3.63, 3.8) is 0 Å². The molecule has 0 saturated carbocycles. The fraction of sp³-hybridized carbons (Fsp3) is 0.0400. The average molecular weight is 529 g/mol. The number of hydrogen-bond donors (Lipinski definition) is 1. The van der Waals surface area contributed by atoms with Gasteiger partial charge in [-0.1, -0.05) is 0 Å². The number of anilines is 3. The van der Waals surface area contributed by atoms with Gasteiger partial charge < -0.3 is 9.73 Å². The van der Waals surface area contributed by atoms with Gasteiger partial charge in [-0.2, -0.15) is 21.6 Å². The summed E-state index contributed by atoms with van der Waals surface area (Å²) in [5.41, 5.74) is -0.327. The molecule has 188 valence electrons. The molecular formula is C25H15F4N3O4S.